The summed E-state index contributed by atoms with van der Waals surface area (Å²) in [6, 6.07) is 0. The highest BCUT2D eigenvalue weighted by atomic mass is 16.4. The minimum Gasteiger partial charge on any atom is -0.478 e. The van der Waals surface area contributed by atoms with Crippen LogP contribution in [-0.2, 0) is 20.0 Å². The van der Waals surface area contributed by atoms with E-state index in [0.29, 0.717) is 18.7 Å². The van der Waals surface area contributed by atoms with Gasteiger partial charge in [0.05, 0.1) is 11.9 Å². The zero-order valence-corrected chi connectivity index (χ0v) is 8.74. The molecule has 0 bridgehead atoms. The number of carbonyl (C=O) groups is 1. The molecule has 0 spiro atoms. The third kappa shape index (κ3) is 1.92. The molecule has 7 nitrogen and oxygen atoms in total. The molecule has 0 aromatic carbocycles. The number of carboxylic acid groups (broad SMARTS) is 1. The molecule has 0 aliphatic heterocycles. The molecule has 0 atom stereocenters. The van der Waals surface area contributed by atoms with Gasteiger partial charge in [0.25, 0.3) is 0 Å². The van der Waals surface area contributed by atoms with E-state index in [1.165, 1.54) is 12.5 Å². The van der Waals surface area contributed by atoms with Gasteiger partial charge in [0.2, 0.25) is 0 Å². The summed E-state index contributed by atoms with van der Waals surface area (Å²) in [6.07, 6.45) is 4.96. The molecule has 0 aliphatic carbocycles. The molecule has 0 fully saturated rings. The van der Waals surface area contributed by atoms with Gasteiger partial charge < -0.3 is 5.11 Å². The van der Waals surface area contributed by atoms with E-state index >= 15 is 0 Å². The second-order valence-corrected chi connectivity index (χ2v) is 3.34. The van der Waals surface area contributed by atoms with E-state index in [9.17, 15) is 4.79 Å². The van der Waals surface area contributed by atoms with E-state index in [0.717, 1.165) is 0 Å². The van der Waals surface area contributed by atoms with E-state index in [1.807, 2.05) is 0 Å². The van der Waals surface area contributed by atoms with Crippen molar-refractivity contribution in [3.05, 3.63) is 30.1 Å². The molecule has 2 aromatic heterocycles. The van der Waals surface area contributed by atoms with Gasteiger partial charge >= 0.3 is 5.97 Å². The Morgan fingerprint density at radius 2 is 2.31 bits per heavy atom. The van der Waals surface area contributed by atoms with Crippen LogP contribution in [0.2, 0.25) is 0 Å². The lowest BCUT2D eigenvalue weighted by molar-refractivity contribution is 0.0695. The number of hydrogen-bond acceptors (Lipinski definition) is 4. The van der Waals surface area contributed by atoms with Crippen molar-refractivity contribution < 1.29 is 9.90 Å². The average molecular weight is 221 g/mol. The van der Waals surface area contributed by atoms with Crippen LogP contribution in [0.1, 0.15) is 16.1 Å². The van der Waals surface area contributed by atoms with Crippen molar-refractivity contribution in [2.75, 3.05) is 0 Å². The Hall–Kier alpha value is -2.18. The third-order valence-corrected chi connectivity index (χ3v) is 2.34. The molecule has 0 amide bonds. The molecule has 2 aromatic rings. The smallest absolute Gasteiger partial charge is 0.339 e. The van der Waals surface area contributed by atoms with E-state index in [1.54, 1.807) is 22.7 Å². The van der Waals surface area contributed by atoms with E-state index in [2.05, 4.69) is 15.2 Å². The van der Waals surface area contributed by atoms with E-state index in [-0.39, 0.29) is 5.56 Å². The summed E-state index contributed by atoms with van der Waals surface area (Å²) in [5.41, 5.74) is 0.922. The summed E-state index contributed by atoms with van der Waals surface area (Å²) in [5, 5.41) is 16.8. The van der Waals surface area contributed by atoms with Crippen LogP contribution in [0.3, 0.4) is 0 Å². The van der Waals surface area contributed by atoms with E-state index < -0.39 is 5.97 Å². The maximum absolute atomic E-state index is 10.9. The van der Waals surface area contributed by atoms with Crippen molar-refractivity contribution >= 4 is 5.97 Å². The standard InChI is InChI=1S/C9H11N5O2/c1-13-8(7(4-11-13)9(15)16)2-3-14-6-10-5-12-14/h4-6H,2-3H2,1H3,(H,15,16). The van der Waals surface area contributed by atoms with Gasteiger partial charge in [0, 0.05) is 20.0 Å². The quantitative estimate of drug-likeness (QED) is 0.782. The zero-order valence-electron chi connectivity index (χ0n) is 8.74. The summed E-state index contributed by atoms with van der Waals surface area (Å²) in [6.45, 7) is 0.583. The average Bonchev–Trinajstić information content (AvgIpc) is 2.84. The predicted molar refractivity (Wildman–Crippen MR) is 53.9 cm³/mol. The molecule has 7 heteroatoms. The van der Waals surface area contributed by atoms with Crippen molar-refractivity contribution in [1.82, 2.24) is 24.5 Å². The lowest BCUT2D eigenvalue weighted by Crippen LogP contribution is -2.09. The Labute approximate surface area is 91.3 Å². The van der Waals surface area contributed by atoms with Crippen LogP contribution in [-0.4, -0.2) is 35.6 Å². The van der Waals surface area contributed by atoms with Crippen molar-refractivity contribution in [3.8, 4) is 0 Å². The molecule has 84 valence electrons. The number of carboxylic acids is 1. The van der Waals surface area contributed by atoms with Crippen LogP contribution in [0.15, 0.2) is 18.9 Å². The molecule has 0 radical (unpaired) electrons. The molecule has 0 unspecified atom stereocenters. The molecule has 0 saturated carbocycles. The topological polar surface area (TPSA) is 85.8 Å². The van der Waals surface area contributed by atoms with Crippen LogP contribution in [0.5, 0.6) is 0 Å². The summed E-state index contributed by atoms with van der Waals surface area (Å²) in [7, 11) is 1.73. The van der Waals surface area contributed by atoms with Crippen molar-refractivity contribution in [3.63, 3.8) is 0 Å². The van der Waals surface area contributed by atoms with Gasteiger partial charge in [0.1, 0.15) is 18.2 Å². The Morgan fingerprint density at radius 1 is 1.50 bits per heavy atom. The predicted octanol–water partition coefficient (Wildman–Crippen LogP) is -0.0475. The molecule has 16 heavy (non-hydrogen) atoms. The summed E-state index contributed by atoms with van der Waals surface area (Å²) in [5.74, 6) is -0.957. The zero-order chi connectivity index (χ0) is 11.5. The monoisotopic (exact) mass is 221 g/mol. The number of rotatable bonds is 4. The second-order valence-electron chi connectivity index (χ2n) is 3.34. The van der Waals surface area contributed by atoms with Crippen LogP contribution < -0.4 is 0 Å². The van der Waals surface area contributed by atoms with Crippen LogP contribution in [0, 0.1) is 0 Å². The largest absolute Gasteiger partial charge is 0.478 e. The van der Waals surface area contributed by atoms with Crippen molar-refractivity contribution in [1.29, 1.82) is 0 Å². The fourth-order valence-corrected chi connectivity index (χ4v) is 1.51. The van der Waals surface area contributed by atoms with Crippen LogP contribution in [0.25, 0.3) is 0 Å². The van der Waals surface area contributed by atoms with Gasteiger partial charge in [-0.2, -0.15) is 10.2 Å². The Bertz CT molecular complexity index is 488. The highest BCUT2D eigenvalue weighted by Gasteiger charge is 2.14. The van der Waals surface area contributed by atoms with Crippen molar-refractivity contribution in [2.24, 2.45) is 7.05 Å². The SMILES string of the molecule is Cn1ncc(C(=O)O)c1CCn1cncn1. The Morgan fingerprint density at radius 3 is 2.94 bits per heavy atom. The van der Waals surface area contributed by atoms with Gasteiger partial charge in [-0.25, -0.2) is 9.78 Å². The highest BCUT2D eigenvalue weighted by molar-refractivity contribution is 5.88. The second kappa shape index (κ2) is 4.13. The van der Waals surface area contributed by atoms with Gasteiger partial charge in [-0.1, -0.05) is 0 Å². The number of hydrogen-bond donors (Lipinski definition) is 1. The molecule has 0 aliphatic rings. The van der Waals surface area contributed by atoms with Gasteiger partial charge in [0.15, 0.2) is 0 Å². The van der Waals surface area contributed by atoms with Crippen LogP contribution >= 0.6 is 0 Å². The minimum absolute atomic E-state index is 0.239. The maximum atomic E-state index is 10.9. The highest BCUT2D eigenvalue weighted by Crippen LogP contribution is 2.08. The van der Waals surface area contributed by atoms with Gasteiger partial charge in [-0.3, -0.25) is 9.36 Å². The Kier molecular flexibility index (Phi) is 2.67. The molecule has 0 saturated heterocycles. The first-order valence-electron chi connectivity index (χ1n) is 4.75. The Balaban J connectivity index is 2.14. The van der Waals surface area contributed by atoms with Gasteiger partial charge in [-0.15, -0.1) is 0 Å². The molecular formula is C9H11N5O2. The fourth-order valence-electron chi connectivity index (χ4n) is 1.51. The molecule has 2 heterocycles. The number of aryl methyl sites for hydroxylation is 2. The van der Waals surface area contributed by atoms with Crippen LogP contribution in [0.4, 0.5) is 0 Å². The van der Waals surface area contributed by atoms with E-state index in [4.69, 9.17) is 5.11 Å². The number of aromatic carboxylic acids is 1. The summed E-state index contributed by atoms with van der Waals surface area (Å²) >= 11 is 0. The third-order valence-electron chi connectivity index (χ3n) is 2.34. The lowest BCUT2D eigenvalue weighted by atomic mass is 10.2. The molecule has 2 rings (SSSR count). The first kappa shape index (κ1) is 10.3. The molecule has 1 N–H and O–H groups in total. The normalized spacial score (nSPS) is 10.6. The molecular weight excluding hydrogens is 210 g/mol. The first-order valence-corrected chi connectivity index (χ1v) is 4.75. The lowest BCUT2D eigenvalue weighted by Gasteiger charge is -2.03. The number of nitrogens with zero attached hydrogens (tertiary/aromatic N) is 5. The summed E-state index contributed by atoms with van der Waals surface area (Å²) < 4.78 is 3.22. The first-order chi connectivity index (χ1) is 7.68. The summed E-state index contributed by atoms with van der Waals surface area (Å²) in [4.78, 5) is 14.7. The minimum atomic E-state index is -0.957. The maximum Gasteiger partial charge on any atom is 0.339 e. The van der Waals surface area contributed by atoms with Crippen molar-refractivity contribution in [2.45, 2.75) is 13.0 Å². The number of aromatic nitrogens is 5. The fraction of sp³-hybridized carbons (Fsp3) is 0.333. The van der Waals surface area contributed by atoms with Gasteiger partial charge in [-0.05, 0) is 0 Å².